The Hall–Kier alpha value is -5.86. The minimum Gasteiger partial charge on any atom is -0.452 e. The minimum absolute atomic E-state index is 0.0655. The Kier molecular flexibility index (Phi) is 15.0. The van der Waals surface area contributed by atoms with Gasteiger partial charge in [0.15, 0.2) is 0 Å². The summed E-state index contributed by atoms with van der Waals surface area (Å²) < 4.78 is 4.98. The van der Waals surface area contributed by atoms with Crippen LogP contribution in [0.15, 0.2) is 97.5 Å². The van der Waals surface area contributed by atoms with Crippen LogP contribution in [0, 0.1) is 17.8 Å². The van der Waals surface area contributed by atoms with Crippen molar-refractivity contribution in [3.63, 3.8) is 0 Å². The van der Waals surface area contributed by atoms with E-state index in [-0.39, 0.29) is 32.1 Å². The van der Waals surface area contributed by atoms with Gasteiger partial charge in [-0.3, -0.25) is 20.2 Å². The van der Waals surface area contributed by atoms with Crippen LogP contribution in [-0.2, 0) is 29.0 Å². The number of ether oxygens (including phenoxy) is 1. The summed E-state index contributed by atoms with van der Waals surface area (Å²) in [5.74, 6) is -0.405. The zero-order valence-electron chi connectivity index (χ0n) is 36.1. The van der Waals surface area contributed by atoms with Gasteiger partial charge in [-0.25, -0.2) is 24.3 Å². The summed E-state index contributed by atoms with van der Waals surface area (Å²) in [7, 11) is 1.21. The average molecular weight is 821 g/mol. The van der Waals surface area contributed by atoms with Crippen molar-refractivity contribution in [1.82, 2.24) is 40.4 Å². The summed E-state index contributed by atoms with van der Waals surface area (Å²) in [6, 6.07) is 22.1. The monoisotopic (exact) mass is 820 g/mol. The number of urea groups is 2. The van der Waals surface area contributed by atoms with Crippen molar-refractivity contribution >= 4 is 24.1 Å². The molecule has 2 aromatic carbocycles. The predicted molar refractivity (Wildman–Crippen MR) is 230 cm³/mol. The van der Waals surface area contributed by atoms with Crippen molar-refractivity contribution in [2.75, 3.05) is 33.3 Å². The van der Waals surface area contributed by atoms with E-state index >= 15 is 0 Å². The lowest BCUT2D eigenvalue weighted by atomic mass is 9.84. The maximum absolute atomic E-state index is 14.6. The van der Waals surface area contributed by atoms with Gasteiger partial charge in [0.2, 0.25) is 5.91 Å². The molecule has 14 nitrogen and oxygen atoms in total. The first-order valence-electron chi connectivity index (χ1n) is 20.3. The van der Waals surface area contributed by atoms with Gasteiger partial charge in [-0.05, 0) is 64.6 Å². The minimum atomic E-state index is -1.24. The van der Waals surface area contributed by atoms with Gasteiger partial charge in [-0.1, -0.05) is 102 Å². The zero-order valence-corrected chi connectivity index (χ0v) is 36.1. The van der Waals surface area contributed by atoms with E-state index < -0.39 is 47.0 Å². The Bertz CT molecular complexity index is 2050. The van der Waals surface area contributed by atoms with E-state index in [2.05, 4.69) is 20.7 Å². The number of amides is 6. The summed E-state index contributed by atoms with van der Waals surface area (Å²) in [5.41, 5.74) is 7.07. The normalized spacial score (nSPS) is 14.7. The topological polar surface area (TPSA) is 161 Å². The first-order valence-corrected chi connectivity index (χ1v) is 20.3. The Morgan fingerprint density at radius 1 is 0.900 bits per heavy atom. The molecule has 5 rings (SSSR count). The molecule has 320 valence electrons. The van der Waals surface area contributed by atoms with E-state index in [9.17, 15) is 24.3 Å². The van der Waals surface area contributed by atoms with Crippen molar-refractivity contribution in [3.05, 3.63) is 120 Å². The number of aryl methyl sites for hydroxylation is 1. The van der Waals surface area contributed by atoms with Gasteiger partial charge in [0, 0.05) is 63.4 Å². The van der Waals surface area contributed by atoms with Crippen molar-refractivity contribution in [3.8, 4) is 11.3 Å². The second-order valence-corrected chi connectivity index (χ2v) is 17.7. The SMILES string of the molecule is COC(=O)N(CC(C)(C)C)C(=O)NN(Cc1ccc(-c2ccccn2)cc1)CC(O)C(Cc1ccccc1)NC(=O)C(N1CCN(Cc2cnccc2C)C1=O)C(C)(C)C. The fourth-order valence-electron chi connectivity index (χ4n) is 7.31. The van der Waals surface area contributed by atoms with Gasteiger partial charge < -0.3 is 25.0 Å². The Morgan fingerprint density at radius 3 is 2.22 bits per heavy atom. The molecule has 0 radical (unpaired) electrons. The van der Waals surface area contributed by atoms with Crippen LogP contribution in [0.25, 0.3) is 11.3 Å². The number of aliphatic hydroxyl groups is 1. The van der Waals surface area contributed by atoms with Crippen LogP contribution in [0.5, 0.6) is 0 Å². The molecule has 2 aromatic heterocycles. The Morgan fingerprint density at radius 2 is 1.60 bits per heavy atom. The van der Waals surface area contributed by atoms with E-state index in [1.54, 1.807) is 28.4 Å². The number of pyridine rings is 2. The number of hydrogen-bond acceptors (Lipinski definition) is 9. The third-order valence-electron chi connectivity index (χ3n) is 10.3. The summed E-state index contributed by atoms with van der Waals surface area (Å²) >= 11 is 0. The first-order chi connectivity index (χ1) is 28.4. The third-order valence-corrected chi connectivity index (χ3v) is 10.3. The predicted octanol–water partition coefficient (Wildman–Crippen LogP) is 6.43. The van der Waals surface area contributed by atoms with Crippen molar-refractivity contribution in [2.45, 2.75) is 86.2 Å². The number of rotatable bonds is 15. The molecule has 4 aromatic rings. The molecule has 0 spiro atoms. The lowest BCUT2D eigenvalue weighted by Crippen LogP contribution is -2.60. The van der Waals surface area contributed by atoms with Crippen molar-refractivity contribution in [2.24, 2.45) is 10.8 Å². The molecule has 1 fully saturated rings. The van der Waals surface area contributed by atoms with Gasteiger partial charge in [0.25, 0.3) is 0 Å². The van der Waals surface area contributed by atoms with E-state index in [1.165, 1.54) is 12.1 Å². The van der Waals surface area contributed by atoms with Crippen LogP contribution in [0.4, 0.5) is 14.4 Å². The van der Waals surface area contributed by atoms with Crippen LogP contribution < -0.4 is 10.7 Å². The van der Waals surface area contributed by atoms with E-state index in [0.29, 0.717) is 19.6 Å². The lowest BCUT2D eigenvalue weighted by Gasteiger charge is -2.38. The second-order valence-electron chi connectivity index (χ2n) is 17.7. The number of nitrogens with zero attached hydrogens (tertiary/aromatic N) is 6. The van der Waals surface area contributed by atoms with Crippen LogP contribution in [-0.4, -0.2) is 110 Å². The molecule has 14 heteroatoms. The number of carbonyl (C=O) groups is 4. The molecule has 3 unspecified atom stereocenters. The van der Waals surface area contributed by atoms with Gasteiger partial charge in [0.1, 0.15) is 6.04 Å². The second kappa shape index (κ2) is 19.9. The Balaban J connectivity index is 1.42. The van der Waals surface area contributed by atoms with Crippen LogP contribution in [0.3, 0.4) is 0 Å². The third kappa shape index (κ3) is 12.3. The number of nitrogens with one attached hydrogen (secondary N) is 2. The maximum atomic E-state index is 14.6. The lowest BCUT2D eigenvalue weighted by molar-refractivity contribution is -0.130. The molecule has 1 saturated heterocycles. The number of hydrazine groups is 1. The molecule has 60 heavy (non-hydrogen) atoms. The molecule has 0 aliphatic carbocycles. The van der Waals surface area contributed by atoms with Crippen LogP contribution in [0.1, 0.15) is 63.8 Å². The molecule has 3 atom stereocenters. The fourth-order valence-corrected chi connectivity index (χ4v) is 7.31. The number of imide groups is 1. The summed E-state index contributed by atoms with van der Waals surface area (Å²) in [4.78, 5) is 68.4. The van der Waals surface area contributed by atoms with Gasteiger partial charge in [-0.2, -0.15) is 0 Å². The van der Waals surface area contributed by atoms with Crippen molar-refractivity contribution in [1.29, 1.82) is 0 Å². The molecule has 6 amide bonds. The molecule has 0 bridgehead atoms. The van der Waals surface area contributed by atoms with Crippen molar-refractivity contribution < 1.29 is 29.0 Å². The quantitative estimate of drug-likeness (QED) is 0.115. The highest BCUT2D eigenvalue weighted by Gasteiger charge is 2.44. The molecule has 1 aliphatic heterocycles. The van der Waals surface area contributed by atoms with Gasteiger partial charge in [-0.15, -0.1) is 0 Å². The maximum Gasteiger partial charge on any atom is 0.417 e. The van der Waals surface area contributed by atoms with Crippen LogP contribution >= 0.6 is 0 Å². The van der Waals surface area contributed by atoms with E-state index in [0.717, 1.165) is 38.4 Å². The molecule has 3 N–H and O–H groups in total. The number of methoxy groups -OCH3 is 1. The zero-order chi connectivity index (χ0) is 43.6. The molecular formula is C46H60N8O6. The summed E-state index contributed by atoms with van der Waals surface area (Å²) in [6.07, 6.45) is 3.39. The molecule has 1 aliphatic rings. The number of aromatic nitrogens is 2. The average Bonchev–Trinajstić information content (AvgIpc) is 3.55. The Labute approximate surface area is 353 Å². The first kappa shape index (κ1) is 45.2. The molecule has 0 saturated carbocycles. The smallest absolute Gasteiger partial charge is 0.417 e. The summed E-state index contributed by atoms with van der Waals surface area (Å²) in [6.45, 7) is 14.7. The number of aliphatic hydroxyl groups excluding tert-OH is 1. The highest BCUT2D eigenvalue weighted by atomic mass is 16.5. The fraction of sp³-hybridized carbons (Fsp3) is 0.435. The van der Waals surface area contributed by atoms with Crippen LogP contribution in [0.2, 0.25) is 0 Å². The summed E-state index contributed by atoms with van der Waals surface area (Å²) in [5, 5.41) is 16.8. The van der Waals surface area contributed by atoms with Gasteiger partial charge in [0.05, 0.1) is 24.9 Å². The largest absolute Gasteiger partial charge is 0.452 e. The number of hydrogen-bond donors (Lipinski definition) is 3. The number of benzene rings is 2. The standard InChI is InChI=1S/C46H60N8O6/c1-32-21-23-47-27-36(32)29-51-24-25-53(43(51)58)40(46(5,6)7)41(56)49-38(26-33-14-10-9-11-15-33)39(55)30-52(50-42(57)54(44(59)60-8)31-45(2,3)4)28-34-17-19-35(20-18-34)37-16-12-13-22-48-37/h9-23,27,38-40,55H,24-26,28-31H2,1-8H3,(H,49,56)(H,50,57). The van der Waals surface area contributed by atoms with E-state index in [4.69, 9.17) is 4.74 Å². The highest BCUT2D eigenvalue weighted by Crippen LogP contribution is 2.29. The molecular weight excluding hydrogens is 761 g/mol. The highest BCUT2D eigenvalue weighted by molar-refractivity contribution is 5.91. The van der Waals surface area contributed by atoms with E-state index in [1.807, 2.05) is 127 Å². The van der Waals surface area contributed by atoms with Gasteiger partial charge >= 0.3 is 18.2 Å². The molecule has 3 heterocycles. The number of carbonyl (C=O) groups excluding carboxylic acids is 4.